The number of hydrogen-bond donors (Lipinski definition) is 0. The predicted octanol–water partition coefficient (Wildman–Crippen LogP) is 1.77. The van der Waals surface area contributed by atoms with Gasteiger partial charge in [0.15, 0.2) is 0 Å². The third-order valence-corrected chi connectivity index (χ3v) is 4.27. The zero-order chi connectivity index (χ0) is 16.8. The summed E-state index contributed by atoms with van der Waals surface area (Å²) in [5.41, 5.74) is 2.47. The number of aryl methyl sites for hydroxylation is 1. The summed E-state index contributed by atoms with van der Waals surface area (Å²) in [6.45, 7) is 3.60. The first-order chi connectivity index (χ1) is 11.7. The fourth-order valence-electron chi connectivity index (χ4n) is 2.96. The number of anilines is 1. The molecule has 1 aliphatic heterocycles. The summed E-state index contributed by atoms with van der Waals surface area (Å²) >= 11 is 0. The van der Waals surface area contributed by atoms with Gasteiger partial charge in [0.05, 0.1) is 12.7 Å². The van der Waals surface area contributed by atoms with Gasteiger partial charge in [0.1, 0.15) is 12.1 Å². The van der Waals surface area contributed by atoms with Crippen LogP contribution in [0.5, 0.6) is 0 Å². The van der Waals surface area contributed by atoms with E-state index in [2.05, 4.69) is 32.0 Å². The Morgan fingerprint density at radius 3 is 2.88 bits per heavy atom. The van der Waals surface area contributed by atoms with Crippen molar-refractivity contribution in [2.24, 2.45) is 0 Å². The quantitative estimate of drug-likeness (QED) is 0.806. The molecule has 0 N–H and O–H groups in total. The van der Waals surface area contributed by atoms with Gasteiger partial charge >= 0.3 is 0 Å². The number of hydrogen-bond acceptors (Lipinski definition) is 6. The van der Waals surface area contributed by atoms with Crippen molar-refractivity contribution in [2.75, 3.05) is 38.7 Å². The van der Waals surface area contributed by atoms with Crippen molar-refractivity contribution in [3.8, 4) is 0 Å². The lowest BCUT2D eigenvalue weighted by Gasteiger charge is -2.33. The van der Waals surface area contributed by atoms with Crippen LogP contribution in [0.4, 0.5) is 5.82 Å². The molecule has 2 aromatic heterocycles. The highest BCUT2D eigenvalue weighted by molar-refractivity contribution is 5.39. The molecule has 0 aromatic carbocycles. The van der Waals surface area contributed by atoms with Crippen molar-refractivity contribution in [3.63, 3.8) is 0 Å². The molecule has 24 heavy (non-hydrogen) atoms. The van der Waals surface area contributed by atoms with E-state index in [1.807, 2.05) is 37.6 Å². The van der Waals surface area contributed by atoms with E-state index >= 15 is 0 Å². The minimum atomic E-state index is 0.277. The van der Waals surface area contributed by atoms with E-state index in [1.54, 1.807) is 6.33 Å². The van der Waals surface area contributed by atoms with E-state index < -0.39 is 0 Å². The molecular weight excluding hydrogens is 302 g/mol. The molecule has 0 amide bonds. The molecule has 2 aromatic rings. The summed E-state index contributed by atoms with van der Waals surface area (Å²) < 4.78 is 5.95. The second-order valence-corrected chi connectivity index (χ2v) is 6.43. The van der Waals surface area contributed by atoms with Gasteiger partial charge in [0.2, 0.25) is 0 Å². The standard InChI is InChI=1S/C18H25N5O/c1-22(2)18-9-15(5-6-21-18)3-4-17-13-23(7-8-24-17)12-16-10-19-14-20-11-16/h5-6,9-11,14,17H,3-4,7-8,12-13H2,1-2H3. The molecule has 128 valence electrons. The van der Waals surface area contributed by atoms with E-state index in [9.17, 15) is 0 Å². The average molecular weight is 327 g/mol. The topological polar surface area (TPSA) is 54.4 Å². The van der Waals surface area contributed by atoms with Crippen LogP contribution in [0.1, 0.15) is 17.5 Å². The second-order valence-electron chi connectivity index (χ2n) is 6.43. The Morgan fingerprint density at radius 2 is 2.08 bits per heavy atom. The lowest BCUT2D eigenvalue weighted by molar-refractivity contribution is -0.0346. The van der Waals surface area contributed by atoms with E-state index in [0.717, 1.165) is 50.5 Å². The van der Waals surface area contributed by atoms with Gasteiger partial charge in [-0.3, -0.25) is 4.90 Å². The SMILES string of the molecule is CN(C)c1cc(CCC2CN(Cc3cncnc3)CCO2)ccn1. The summed E-state index contributed by atoms with van der Waals surface area (Å²) in [5, 5.41) is 0. The van der Waals surface area contributed by atoms with Crippen LogP contribution >= 0.6 is 0 Å². The number of rotatable bonds is 6. The lowest BCUT2D eigenvalue weighted by atomic mass is 10.1. The van der Waals surface area contributed by atoms with Gasteiger partial charge in [0.25, 0.3) is 0 Å². The van der Waals surface area contributed by atoms with E-state index in [1.165, 1.54) is 5.56 Å². The van der Waals surface area contributed by atoms with Crippen LogP contribution in [-0.4, -0.2) is 59.7 Å². The zero-order valence-electron chi connectivity index (χ0n) is 14.4. The smallest absolute Gasteiger partial charge is 0.128 e. The molecule has 0 aliphatic carbocycles. The minimum absolute atomic E-state index is 0.277. The molecule has 3 rings (SSSR count). The number of morpholine rings is 1. The van der Waals surface area contributed by atoms with Crippen LogP contribution in [-0.2, 0) is 17.7 Å². The normalized spacial score (nSPS) is 18.5. The van der Waals surface area contributed by atoms with Crippen molar-refractivity contribution < 1.29 is 4.74 Å². The fourth-order valence-corrected chi connectivity index (χ4v) is 2.96. The largest absolute Gasteiger partial charge is 0.376 e. The van der Waals surface area contributed by atoms with Crippen LogP contribution in [0.2, 0.25) is 0 Å². The molecule has 6 heteroatoms. The molecule has 0 radical (unpaired) electrons. The number of nitrogens with zero attached hydrogens (tertiary/aromatic N) is 5. The van der Waals surface area contributed by atoms with Crippen molar-refractivity contribution in [3.05, 3.63) is 48.2 Å². The Kier molecular flexibility index (Phi) is 5.72. The molecule has 1 atom stereocenters. The molecule has 1 saturated heterocycles. The summed E-state index contributed by atoms with van der Waals surface area (Å²) in [7, 11) is 4.03. The third kappa shape index (κ3) is 4.72. The Bertz CT molecular complexity index is 634. The van der Waals surface area contributed by atoms with Gasteiger partial charge in [-0.25, -0.2) is 15.0 Å². The van der Waals surface area contributed by atoms with Crippen LogP contribution in [0.3, 0.4) is 0 Å². The van der Waals surface area contributed by atoms with Gasteiger partial charge in [-0.15, -0.1) is 0 Å². The highest BCUT2D eigenvalue weighted by atomic mass is 16.5. The Labute approximate surface area is 143 Å². The van der Waals surface area contributed by atoms with Crippen LogP contribution in [0.15, 0.2) is 37.1 Å². The maximum atomic E-state index is 5.95. The van der Waals surface area contributed by atoms with Crippen LogP contribution in [0, 0.1) is 0 Å². The van der Waals surface area contributed by atoms with Crippen molar-refractivity contribution in [2.45, 2.75) is 25.5 Å². The molecule has 3 heterocycles. The van der Waals surface area contributed by atoms with Crippen molar-refractivity contribution in [1.29, 1.82) is 0 Å². The molecule has 1 aliphatic rings. The highest BCUT2D eigenvalue weighted by Crippen LogP contribution is 2.16. The number of aromatic nitrogens is 3. The van der Waals surface area contributed by atoms with Crippen LogP contribution in [0.25, 0.3) is 0 Å². The second kappa shape index (κ2) is 8.17. The predicted molar refractivity (Wildman–Crippen MR) is 93.9 cm³/mol. The Hall–Kier alpha value is -2.05. The third-order valence-electron chi connectivity index (χ3n) is 4.27. The molecule has 0 bridgehead atoms. The van der Waals surface area contributed by atoms with Gasteiger partial charge in [-0.2, -0.15) is 0 Å². The maximum Gasteiger partial charge on any atom is 0.128 e. The molecule has 0 spiro atoms. The fraction of sp³-hybridized carbons (Fsp3) is 0.500. The highest BCUT2D eigenvalue weighted by Gasteiger charge is 2.20. The maximum absolute atomic E-state index is 5.95. The molecule has 6 nitrogen and oxygen atoms in total. The monoisotopic (exact) mass is 327 g/mol. The van der Waals surface area contributed by atoms with Crippen molar-refractivity contribution >= 4 is 5.82 Å². The first-order valence-corrected chi connectivity index (χ1v) is 8.41. The van der Waals surface area contributed by atoms with Gasteiger partial charge in [-0.1, -0.05) is 0 Å². The van der Waals surface area contributed by atoms with Crippen molar-refractivity contribution in [1.82, 2.24) is 19.9 Å². The number of ether oxygens (including phenoxy) is 1. The Balaban J connectivity index is 1.51. The lowest BCUT2D eigenvalue weighted by Crippen LogP contribution is -2.42. The first kappa shape index (κ1) is 16.8. The van der Waals surface area contributed by atoms with E-state index in [-0.39, 0.29) is 6.10 Å². The first-order valence-electron chi connectivity index (χ1n) is 8.41. The summed E-state index contributed by atoms with van der Waals surface area (Å²) in [6.07, 6.45) is 9.54. The minimum Gasteiger partial charge on any atom is -0.376 e. The van der Waals surface area contributed by atoms with Gasteiger partial charge in [-0.05, 0) is 30.5 Å². The summed E-state index contributed by atoms with van der Waals surface area (Å²) in [6, 6.07) is 4.25. The van der Waals surface area contributed by atoms with Gasteiger partial charge < -0.3 is 9.64 Å². The molecule has 1 fully saturated rings. The molecule has 0 saturated carbocycles. The number of pyridine rings is 1. The average Bonchev–Trinajstić information content (AvgIpc) is 2.61. The summed E-state index contributed by atoms with van der Waals surface area (Å²) in [5.74, 6) is 1.00. The summed E-state index contributed by atoms with van der Waals surface area (Å²) in [4.78, 5) is 17.0. The van der Waals surface area contributed by atoms with Crippen LogP contribution < -0.4 is 4.90 Å². The van der Waals surface area contributed by atoms with E-state index in [4.69, 9.17) is 4.74 Å². The van der Waals surface area contributed by atoms with E-state index in [0.29, 0.717) is 0 Å². The Morgan fingerprint density at radius 1 is 1.25 bits per heavy atom. The van der Waals surface area contributed by atoms with Gasteiger partial charge in [0, 0.05) is 57.9 Å². The zero-order valence-corrected chi connectivity index (χ0v) is 14.4. The molecule has 1 unspecified atom stereocenters. The molecular formula is C18H25N5O.